The third-order valence-electron chi connectivity index (χ3n) is 2.28. The number of anilines is 1. The van der Waals surface area contributed by atoms with E-state index >= 15 is 0 Å². The molecule has 0 spiro atoms. The minimum Gasteiger partial charge on any atom is -0.383 e. The molecule has 2 rings (SSSR count). The van der Waals surface area contributed by atoms with Gasteiger partial charge in [-0.15, -0.1) is 0 Å². The molecular weight excluding hydrogens is 174 g/mol. The maximum Gasteiger partial charge on any atom is 0.130 e. The van der Waals surface area contributed by atoms with E-state index in [4.69, 9.17) is 5.73 Å². The smallest absolute Gasteiger partial charge is 0.130 e. The first-order valence-electron chi connectivity index (χ1n) is 4.55. The second kappa shape index (κ2) is 3.18. The summed E-state index contributed by atoms with van der Waals surface area (Å²) in [5.74, 6) is 0.703. The molecular formula is C11H13N3. The van der Waals surface area contributed by atoms with Gasteiger partial charge in [0, 0.05) is 5.56 Å². The summed E-state index contributed by atoms with van der Waals surface area (Å²) in [6.45, 7) is 4.01. The van der Waals surface area contributed by atoms with Crippen LogP contribution in [0.2, 0.25) is 0 Å². The molecule has 0 aliphatic heterocycles. The maximum absolute atomic E-state index is 5.87. The zero-order chi connectivity index (χ0) is 10.1. The molecule has 1 aromatic heterocycles. The van der Waals surface area contributed by atoms with Crippen molar-refractivity contribution in [1.29, 1.82) is 0 Å². The van der Waals surface area contributed by atoms with Gasteiger partial charge in [-0.1, -0.05) is 17.7 Å². The Kier molecular flexibility index (Phi) is 2.00. The van der Waals surface area contributed by atoms with Crippen LogP contribution in [0.25, 0.3) is 5.69 Å². The van der Waals surface area contributed by atoms with E-state index in [9.17, 15) is 0 Å². The van der Waals surface area contributed by atoms with Crippen LogP contribution >= 0.6 is 0 Å². The summed E-state index contributed by atoms with van der Waals surface area (Å²) >= 11 is 0. The van der Waals surface area contributed by atoms with Crippen LogP contribution in [-0.4, -0.2) is 9.78 Å². The lowest BCUT2D eigenvalue weighted by Crippen LogP contribution is -2.01. The predicted molar refractivity (Wildman–Crippen MR) is 57.5 cm³/mol. The topological polar surface area (TPSA) is 43.8 Å². The Bertz CT molecular complexity index is 440. The second-order valence-electron chi connectivity index (χ2n) is 3.46. The van der Waals surface area contributed by atoms with E-state index in [-0.39, 0.29) is 0 Å². The summed E-state index contributed by atoms with van der Waals surface area (Å²) < 4.78 is 1.74. The van der Waals surface area contributed by atoms with E-state index in [1.165, 1.54) is 5.56 Å². The third-order valence-corrected chi connectivity index (χ3v) is 2.28. The first-order chi connectivity index (χ1) is 6.68. The molecule has 2 aromatic rings. The molecule has 0 saturated carbocycles. The molecule has 14 heavy (non-hydrogen) atoms. The van der Waals surface area contributed by atoms with Crippen molar-refractivity contribution in [2.45, 2.75) is 13.8 Å². The monoisotopic (exact) mass is 187 g/mol. The van der Waals surface area contributed by atoms with Gasteiger partial charge in [-0.2, -0.15) is 5.10 Å². The zero-order valence-electron chi connectivity index (χ0n) is 8.36. The van der Waals surface area contributed by atoms with Gasteiger partial charge in [0.15, 0.2) is 0 Å². The summed E-state index contributed by atoms with van der Waals surface area (Å²) in [7, 11) is 0. The molecule has 3 nitrogen and oxygen atoms in total. The average Bonchev–Trinajstić information content (AvgIpc) is 2.50. The zero-order valence-corrected chi connectivity index (χ0v) is 8.36. The lowest BCUT2D eigenvalue weighted by atomic mass is 10.2. The largest absolute Gasteiger partial charge is 0.383 e. The highest BCUT2D eigenvalue weighted by Crippen LogP contribution is 2.16. The van der Waals surface area contributed by atoms with Crippen LogP contribution in [0, 0.1) is 13.8 Å². The van der Waals surface area contributed by atoms with E-state index in [1.54, 1.807) is 10.9 Å². The quantitative estimate of drug-likeness (QED) is 0.742. The van der Waals surface area contributed by atoms with Crippen LogP contribution in [0.3, 0.4) is 0 Å². The van der Waals surface area contributed by atoms with Crippen LogP contribution in [0.1, 0.15) is 11.1 Å². The summed E-state index contributed by atoms with van der Waals surface area (Å²) in [5.41, 5.74) is 9.11. The standard InChI is InChI=1S/C11H13N3/c1-8-3-5-10(6-4-8)14-11(12)9(2)7-13-14/h3-7H,12H2,1-2H3. The van der Waals surface area contributed by atoms with Crippen molar-refractivity contribution in [2.24, 2.45) is 0 Å². The van der Waals surface area contributed by atoms with E-state index in [0.29, 0.717) is 5.82 Å². The molecule has 1 aromatic carbocycles. The van der Waals surface area contributed by atoms with Crippen molar-refractivity contribution in [1.82, 2.24) is 9.78 Å². The Labute approximate surface area is 83.2 Å². The Morgan fingerprint density at radius 1 is 1.14 bits per heavy atom. The average molecular weight is 187 g/mol. The molecule has 3 heteroatoms. The normalized spacial score (nSPS) is 10.4. The predicted octanol–water partition coefficient (Wildman–Crippen LogP) is 2.07. The fourth-order valence-corrected chi connectivity index (χ4v) is 1.33. The van der Waals surface area contributed by atoms with Crippen molar-refractivity contribution >= 4 is 5.82 Å². The minimum absolute atomic E-state index is 0.703. The number of aryl methyl sites for hydroxylation is 2. The minimum atomic E-state index is 0.703. The highest BCUT2D eigenvalue weighted by atomic mass is 15.3. The molecule has 0 radical (unpaired) electrons. The Morgan fingerprint density at radius 3 is 2.29 bits per heavy atom. The number of nitrogen functional groups attached to an aromatic ring is 1. The van der Waals surface area contributed by atoms with Gasteiger partial charge in [-0.25, -0.2) is 4.68 Å². The maximum atomic E-state index is 5.87. The molecule has 0 fully saturated rings. The van der Waals surface area contributed by atoms with Crippen LogP contribution in [0.5, 0.6) is 0 Å². The number of rotatable bonds is 1. The molecule has 0 saturated heterocycles. The van der Waals surface area contributed by atoms with E-state index in [2.05, 4.69) is 12.0 Å². The van der Waals surface area contributed by atoms with Crippen LogP contribution < -0.4 is 5.73 Å². The van der Waals surface area contributed by atoms with Crippen molar-refractivity contribution < 1.29 is 0 Å². The lowest BCUT2D eigenvalue weighted by Gasteiger charge is -2.04. The van der Waals surface area contributed by atoms with Gasteiger partial charge in [-0.05, 0) is 26.0 Å². The molecule has 0 aliphatic rings. The summed E-state index contributed by atoms with van der Waals surface area (Å²) in [5, 5.41) is 4.21. The highest BCUT2D eigenvalue weighted by Gasteiger charge is 2.04. The molecule has 1 heterocycles. The lowest BCUT2D eigenvalue weighted by molar-refractivity contribution is 0.890. The van der Waals surface area contributed by atoms with Gasteiger partial charge in [-0.3, -0.25) is 0 Å². The fourth-order valence-electron chi connectivity index (χ4n) is 1.33. The first kappa shape index (κ1) is 8.81. The Morgan fingerprint density at radius 2 is 1.79 bits per heavy atom. The number of hydrogen-bond acceptors (Lipinski definition) is 2. The second-order valence-corrected chi connectivity index (χ2v) is 3.46. The van der Waals surface area contributed by atoms with Crippen LogP contribution in [0.4, 0.5) is 5.82 Å². The van der Waals surface area contributed by atoms with Gasteiger partial charge in [0.05, 0.1) is 11.9 Å². The fraction of sp³-hybridized carbons (Fsp3) is 0.182. The summed E-state index contributed by atoms with van der Waals surface area (Å²) in [6, 6.07) is 8.12. The van der Waals surface area contributed by atoms with E-state index in [1.807, 2.05) is 31.2 Å². The van der Waals surface area contributed by atoms with Crippen molar-refractivity contribution in [3.05, 3.63) is 41.6 Å². The number of benzene rings is 1. The first-order valence-corrected chi connectivity index (χ1v) is 4.55. The summed E-state index contributed by atoms with van der Waals surface area (Å²) in [6.07, 6.45) is 1.77. The molecule has 0 bridgehead atoms. The number of nitrogens with zero attached hydrogens (tertiary/aromatic N) is 2. The van der Waals surface area contributed by atoms with E-state index < -0.39 is 0 Å². The third kappa shape index (κ3) is 1.37. The molecule has 0 amide bonds. The molecule has 0 atom stereocenters. The van der Waals surface area contributed by atoms with Gasteiger partial charge >= 0.3 is 0 Å². The van der Waals surface area contributed by atoms with Gasteiger partial charge in [0.1, 0.15) is 5.82 Å². The Hall–Kier alpha value is -1.77. The van der Waals surface area contributed by atoms with Crippen molar-refractivity contribution in [2.75, 3.05) is 5.73 Å². The van der Waals surface area contributed by atoms with Crippen molar-refractivity contribution in [3.8, 4) is 5.69 Å². The van der Waals surface area contributed by atoms with Crippen LogP contribution in [0.15, 0.2) is 30.5 Å². The molecule has 72 valence electrons. The van der Waals surface area contributed by atoms with Gasteiger partial charge < -0.3 is 5.73 Å². The molecule has 0 unspecified atom stereocenters. The van der Waals surface area contributed by atoms with E-state index in [0.717, 1.165) is 11.3 Å². The highest BCUT2D eigenvalue weighted by molar-refractivity contribution is 5.46. The Balaban J connectivity index is 2.49. The SMILES string of the molecule is Cc1ccc(-n2ncc(C)c2N)cc1. The molecule has 0 aliphatic carbocycles. The van der Waals surface area contributed by atoms with Crippen molar-refractivity contribution in [3.63, 3.8) is 0 Å². The van der Waals surface area contributed by atoms with Gasteiger partial charge in [0.2, 0.25) is 0 Å². The number of nitrogens with two attached hydrogens (primary N) is 1. The number of hydrogen-bond donors (Lipinski definition) is 1. The van der Waals surface area contributed by atoms with Crippen LogP contribution in [-0.2, 0) is 0 Å². The number of aromatic nitrogens is 2. The summed E-state index contributed by atoms with van der Waals surface area (Å²) in [4.78, 5) is 0. The molecule has 2 N–H and O–H groups in total. The van der Waals surface area contributed by atoms with Gasteiger partial charge in [0.25, 0.3) is 0 Å².